The quantitative estimate of drug-likeness (QED) is 0.648. The number of likely N-dealkylation sites (N-methyl/N-ethyl adjacent to an activating group) is 1. The molecule has 0 bridgehead atoms. The van der Waals surface area contributed by atoms with E-state index in [-0.39, 0.29) is 17.7 Å². The van der Waals surface area contributed by atoms with E-state index in [0.29, 0.717) is 38.0 Å². The highest BCUT2D eigenvalue weighted by molar-refractivity contribution is 5.97. The summed E-state index contributed by atoms with van der Waals surface area (Å²) >= 11 is 0. The summed E-state index contributed by atoms with van der Waals surface area (Å²) < 4.78 is 0. The van der Waals surface area contributed by atoms with E-state index >= 15 is 0 Å². The molecule has 2 heterocycles. The van der Waals surface area contributed by atoms with Crippen molar-refractivity contribution in [1.82, 2.24) is 20.4 Å². The van der Waals surface area contributed by atoms with Gasteiger partial charge in [0.05, 0.1) is 5.41 Å². The van der Waals surface area contributed by atoms with Crippen molar-refractivity contribution in [2.75, 3.05) is 32.7 Å². The maximum atomic E-state index is 12.8. The Morgan fingerprint density at radius 2 is 1.82 bits per heavy atom. The van der Waals surface area contributed by atoms with Crippen LogP contribution < -0.4 is 10.6 Å². The first kappa shape index (κ1) is 23.0. The number of likely N-dealkylation sites (tertiary alicyclic amines) is 1. The maximum Gasteiger partial charge on any atom is 0.253 e. The Morgan fingerprint density at radius 3 is 2.52 bits per heavy atom. The minimum Gasteiger partial charge on any atom is -0.353 e. The van der Waals surface area contributed by atoms with Gasteiger partial charge in [-0.25, -0.2) is 0 Å². The van der Waals surface area contributed by atoms with Crippen molar-refractivity contribution in [3.05, 3.63) is 71.8 Å². The zero-order valence-corrected chi connectivity index (χ0v) is 19.1. The second kappa shape index (κ2) is 10.2. The Morgan fingerprint density at radius 1 is 1.12 bits per heavy atom. The van der Waals surface area contributed by atoms with Gasteiger partial charge in [0.25, 0.3) is 5.91 Å². The van der Waals surface area contributed by atoms with Crippen LogP contribution >= 0.6 is 0 Å². The van der Waals surface area contributed by atoms with Gasteiger partial charge in [-0.3, -0.25) is 19.3 Å². The van der Waals surface area contributed by atoms with Crippen LogP contribution in [0, 0.1) is 5.41 Å². The molecule has 174 valence electrons. The van der Waals surface area contributed by atoms with E-state index in [2.05, 4.69) is 34.6 Å². The Balaban J connectivity index is 1.27. The van der Waals surface area contributed by atoms with E-state index in [1.165, 1.54) is 5.56 Å². The van der Waals surface area contributed by atoms with Crippen molar-refractivity contribution in [2.24, 2.45) is 5.41 Å². The van der Waals surface area contributed by atoms with E-state index in [9.17, 15) is 14.4 Å². The normalized spacial score (nSPS) is 22.1. The van der Waals surface area contributed by atoms with E-state index in [1.807, 2.05) is 36.4 Å². The Labute approximate surface area is 195 Å². The smallest absolute Gasteiger partial charge is 0.253 e. The van der Waals surface area contributed by atoms with Crippen molar-refractivity contribution in [2.45, 2.75) is 32.4 Å². The highest BCUT2D eigenvalue weighted by Crippen LogP contribution is 2.40. The van der Waals surface area contributed by atoms with Gasteiger partial charge in [-0.2, -0.15) is 0 Å². The largest absolute Gasteiger partial charge is 0.353 e. The third-order valence-corrected chi connectivity index (χ3v) is 6.78. The molecule has 2 N–H and O–H groups in total. The molecule has 4 rings (SSSR count). The zero-order valence-electron chi connectivity index (χ0n) is 19.1. The summed E-state index contributed by atoms with van der Waals surface area (Å²) in [7, 11) is 0. The lowest BCUT2D eigenvalue weighted by molar-refractivity contribution is -0.128. The molecule has 3 amide bonds. The molecular formula is C26H32N4O3. The summed E-state index contributed by atoms with van der Waals surface area (Å²) in [5.41, 5.74) is 1.19. The van der Waals surface area contributed by atoms with Crippen molar-refractivity contribution in [1.29, 1.82) is 0 Å². The molecule has 1 spiro atoms. The predicted octanol–water partition coefficient (Wildman–Crippen LogP) is 2.05. The first-order chi connectivity index (χ1) is 16.0. The fourth-order valence-electron chi connectivity index (χ4n) is 4.82. The topological polar surface area (TPSA) is 81.8 Å². The van der Waals surface area contributed by atoms with E-state index in [0.717, 1.165) is 19.6 Å². The van der Waals surface area contributed by atoms with Crippen LogP contribution in [-0.4, -0.2) is 66.3 Å². The highest BCUT2D eigenvalue weighted by atomic mass is 16.2. The van der Waals surface area contributed by atoms with Gasteiger partial charge in [-0.15, -0.1) is 0 Å². The highest BCUT2D eigenvalue weighted by Gasteiger charge is 2.53. The van der Waals surface area contributed by atoms with Gasteiger partial charge in [0.2, 0.25) is 11.8 Å². The molecule has 2 aromatic rings. The average Bonchev–Trinajstić information content (AvgIpc) is 3.42. The monoisotopic (exact) mass is 448 g/mol. The Bertz CT molecular complexity index is 982. The van der Waals surface area contributed by atoms with E-state index in [1.54, 1.807) is 17.0 Å². The number of benzene rings is 2. The van der Waals surface area contributed by atoms with Crippen LogP contribution in [0.1, 0.15) is 35.7 Å². The maximum absolute atomic E-state index is 12.8. The number of amides is 3. The molecule has 2 aliphatic rings. The Kier molecular flexibility index (Phi) is 7.08. The number of carbonyl (C=O) groups excluding carboxylic acids is 3. The summed E-state index contributed by atoms with van der Waals surface area (Å²) in [5, 5.41) is 5.86. The molecule has 0 radical (unpaired) electrons. The lowest BCUT2D eigenvalue weighted by Gasteiger charge is -2.22. The van der Waals surface area contributed by atoms with Gasteiger partial charge in [-0.1, -0.05) is 55.5 Å². The molecule has 0 saturated carbocycles. The van der Waals surface area contributed by atoms with Gasteiger partial charge in [0, 0.05) is 38.3 Å². The number of carbonyl (C=O) groups is 3. The van der Waals surface area contributed by atoms with Crippen LogP contribution in [0.25, 0.3) is 0 Å². The van der Waals surface area contributed by atoms with Crippen molar-refractivity contribution in [3.8, 4) is 0 Å². The first-order valence-corrected chi connectivity index (χ1v) is 11.7. The molecular weight excluding hydrogens is 416 g/mol. The van der Waals surface area contributed by atoms with Crippen LogP contribution in [0.2, 0.25) is 0 Å². The van der Waals surface area contributed by atoms with Crippen LogP contribution in [0.5, 0.6) is 0 Å². The average molecular weight is 449 g/mol. The minimum atomic E-state index is -0.671. The molecule has 2 atom stereocenters. The first-order valence-electron chi connectivity index (χ1n) is 11.7. The van der Waals surface area contributed by atoms with Crippen LogP contribution in [0.4, 0.5) is 0 Å². The number of rotatable bonds is 8. The van der Waals surface area contributed by atoms with Crippen molar-refractivity contribution in [3.63, 3.8) is 0 Å². The third-order valence-electron chi connectivity index (χ3n) is 6.78. The molecule has 2 saturated heterocycles. The van der Waals surface area contributed by atoms with Crippen LogP contribution in [0.15, 0.2) is 60.7 Å². The summed E-state index contributed by atoms with van der Waals surface area (Å²) in [6.07, 6.45) is 1.01. The number of nitrogens with one attached hydrogen (secondary N) is 2. The molecule has 7 nitrogen and oxygen atoms in total. The predicted molar refractivity (Wildman–Crippen MR) is 126 cm³/mol. The summed E-state index contributed by atoms with van der Waals surface area (Å²) in [6, 6.07) is 18.8. The summed E-state index contributed by atoms with van der Waals surface area (Å²) in [6.45, 7) is 5.98. The number of nitrogens with zero attached hydrogens (tertiary/aromatic N) is 2. The van der Waals surface area contributed by atoms with Gasteiger partial charge in [0.15, 0.2) is 0 Å². The van der Waals surface area contributed by atoms with Crippen molar-refractivity contribution < 1.29 is 14.4 Å². The molecule has 7 heteroatoms. The van der Waals surface area contributed by atoms with Gasteiger partial charge < -0.3 is 15.5 Å². The van der Waals surface area contributed by atoms with E-state index < -0.39 is 11.5 Å². The van der Waals surface area contributed by atoms with Crippen molar-refractivity contribution >= 4 is 17.7 Å². The molecule has 0 aliphatic carbocycles. The number of hydrogen-bond acceptors (Lipinski definition) is 4. The molecule has 0 aromatic heterocycles. The minimum absolute atomic E-state index is 0.0637. The lowest BCUT2D eigenvalue weighted by Crippen LogP contribution is -2.44. The van der Waals surface area contributed by atoms with Gasteiger partial charge in [-0.05, 0) is 37.1 Å². The fraction of sp³-hybridized carbons (Fsp3) is 0.423. The molecule has 0 unspecified atom stereocenters. The lowest BCUT2D eigenvalue weighted by atomic mass is 9.84. The number of hydrogen-bond donors (Lipinski definition) is 2. The molecule has 2 fully saturated rings. The molecule has 33 heavy (non-hydrogen) atoms. The second-order valence-electron chi connectivity index (χ2n) is 9.00. The SMILES string of the molecule is CCN(CCNC(=O)[C@@H]1C[C@]2(CCN(C(=O)c3ccccc3)C2)C(=O)N1)Cc1ccccc1. The fourth-order valence-corrected chi connectivity index (χ4v) is 4.82. The zero-order chi connectivity index (χ0) is 23.3. The van der Waals surface area contributed by atoms with Gasteiger partial charge >= 0.3 is 0 Å². The Hall–Kier alpha value is -3.19. The molecule has 2 aliphatic heterocycles. The summed E-state index contributed by atoms with van der Waals surface area (Å²) in [5.74, 6) is -0.333. The van der Waals surface area contributed by atoms with E-state index in [4.69, 9.17) is 0 Å². The van der Waals surface area contributed by atoms with Crippen LogP contribution in [0.3, 0.4) is 0 Å². The standard InChI is InChI=1S/C26H32N4O3/c1-2-29(18-20-9-5-3-6-10-20)16-14-27-23(31)22-17-26(25(33)28-22)13-15-30(19-26)24(32)21-11-7-4-8-12-21/h3-12,22H,2,13-19H2,1H3,(H,27,31)(H,28,33)/t22-,26-/m0/s1. The second-order valence-corrected chi connectivity index (χ2v) is 9.00. The third kappa shape index (κ3) is 5.25. The van der Waals surface area contributed by atoms with Crippen LogP contribution in [-0.2, 0) is 16.1 Å². The van der Waals surface area contributed by atoms with Gasteiger partial charge in [0.1, 0.15) is 6.04 Å². The molecule has 2 aromatic carbocycles. The summed E-state index contributed by atoms with van der Waals surface area (Å²) in [4.78, 5) is 42.4.